The summed E-state index contributed by atoms with van der Waals surface area (Å²) >= 11 is 0. The number of carbonyl (C=O) groups is 1. The SMILES string of the molecule is COCC(=O)N1CCCCCC1c1cccn1C. The molecular formula is C14H22N2O2. The van der Waals surface area contributed by atoms with Crippen molar-refractivity contribution in [1.82, 2.24) is 9.47 Å². The predicted molar refractivity (Wildman–Crippen MR) is 70.2 cm³/mol. The highest BCUT2D eigenvalue weighted by Gasteiger charge is 2.27. The van der Waals surface area contributed by atoms with Crippen LogP contribution in [0.4, 0.5) is 0 Å². The van der Waals surface area contributed by atoms with Crippen molar-refractivity contribution in [2.45, 2.75) is 31.7 Å². The van der Waals surface area contributed by atoms with Gasteiger partial charge in [-0.15, -0.1) is 0 Å². The minimum atomic E-state index is 0.102. The third-order valence-corrected chi connectivity index (χ3v) is 3.67. The summed E-state index contributed by atoms with van der Waals surface area (Å²) in [4.78, 5) is 14.2. The summed E-state index contributed by atoms with van der Waals surface area (Å²) in [6.45, 7) is 1.03. The normalized spacial score (nSPS) is 20.8. The minimum Gasteiger partial charge on any atom is -0.375 e. The van der Waals surface area contributed by atoms with Crippen LogP contribution in [0.15, 0.2) is 18.3 Å². The summed E-state index contributed by atoms with van der Waals surface area (Å²) < 4.78 is 7.11. The largest absolute Gasteiger partial charge is 0.375 e. The lowest BCUT2D eigenvalue weighted by Gasteiger charge is -2.30. The van der Waals surface area contributed by atoms with Crippen molar-refractivity contribution < 1.29 is 9.53 Å². The van der Waals surface area contributed by atoms with Crippen LogP contribution in [0.1, 0.15) is 37.4 Å². The average molecular weight is 250 g/mol. The van der Waals surface area contributed by atoms with E-state index in [1.165, 1.54) is 18.5 Å². The van der Waals surface area contributed by atoms with E-state index in [0.29, 0.717) is 0 Å². The third kappa shape index (κ3) is 2.75. The molecule has 4 heteroatoms. The molecule has 0 bridgehead atoms. The molecule has 18 heavy (non-hydrogen) atoms. The van der Waals surface area contributed by atoms with Crippen LogP contribution in [0.25, 0.3) is 0 Å². The van der Waals surface area contributed by atoms with E-state index in [4.69, 9.17) is 4.74 Å². The lowest BCUT2D eigenvalue weighted by atomic mass is 10.1. The van der Waals surface area contributed by atoms with E-state index in [1.54, 1.807) is 7.11 Å². The molecule has 1 amide bonds. The van der Waals surface area contributed by atoms with Crippen LogP contribution < -0.4 is 0 Å². The van der Waals surface area contributed by atoms with E-state index in [-0.39, 0.29) is 18.6 Å². The zero-order chi connectivity index (χ0) is 13.0. The zero-order valence-corrected chi connectivity index (χ0v) is 11.3. The van der Waals surface area contributed by atoms with Crippen molar-refractivity contribution in [2.24, 2.45) is 7.05 Å². The van der Waals surface area contributed by atoms with Crippen LogP contribution in [0.3, 0.4) is 0 Å². The lowest BCUT2D eigenvalue weighted by molar-refractivity contribution is -0.137. The van der Waals surface area contributed by atoms with Gasteiger partial charge in [0.2, 0.25) is 5.91 Å². The van der Waals surface area contributed by atoms with Gasteiger partial charge in [-0.1, -0.05) is 12.8 Å². The Morgan fingerprint density at radius 1 is 1.44 bits per heavy atom. The predicted octanol–water partition coefficient (Wildman–Crippen LogP) is 2.12. The van der Waals surface area contributed by atoms with Gasteiger partial charge in [0.15, 0.2) is 0 Å². The molecule has 1 aromatic heterocycles. The Balaban J connectivity index is 2.22. The number of hydrogen-bond acceptors (Lipinski definition) is 2. The third-order valence-electron chi connectivity index (χ3n) is 3.67. The number of ether oxygens (including phenoxy) is 1. The van der Waals surface area contributed by atoms with Gasteiger partial charge in [-0.05, 0) is 25.0 Å². The van der Waals surface area contributed by atoms with Gasteiger partial charge in [-0.25, -0.2) is 0 Å². The molecule has 1 aliphatic heterocycles. The number of likely N-dealkylation sites (tertiary alicyclic amines) is 1. The molecule has 1 atom stereocenters. The second kappa shape index (κ2) is 6.05. The monoisotopic (exact) mass is 250 g/mol. The molecule has 1 fully saturated rings. The highest BCUT2D eigenvalue weighted by molar-refractivity contribution is 5.78. The zero-order valence-electron chi connectivity index (χ0n) is 11.3. The maximum atomic E-state index is 12.2. The number of nitrogens with zero attached hydrogens (tertiary/aromatic N) is 2. The van der Waals surface area contributed by atoms with Crippen molar-refractivity contribution in [1.29, 1.82) is 0 Å². The van der Waals surface area contributed by atoms with E-state index in [2.05, 4.69) is 10.6 Å². The number of aromatic nitrogens is 1. The maximum Gasteiger partial charge on any atom is 0.249 e. The van der Waals surface area contributed by atoms with Crippen molar-refractivity contribution in [3.05, 3.63) is 24.0 Å². The second-order valence-corrected chi connectivity index (χ2v) is 4.93. The highest BCUT2D eigenvalue weighted by Crippen LogP contribution is 2.30. The van der Waals surface area contributed by atoms with Crippen LogP contribution in [0, 0.1) is 0 Å². The molecule has 0 saturated carbocycles. The molecule has 2 heterocycles. The minimum absolute atomic E-state index is 0.102. The van der Waals surface area contributed by atoms with Gasteiger partial charge in [0.1, 0.15) is 6.61 Å². The Bertz CT molecular complexity index is 400. The second-order valence-electron chi connectivity index (χ2n) is 4.93. The number of hydrogen-bond donors (Lipinski definition) is 0. The first-order valence-electron chi connectivity index (χ1n) is 6.63. The van der Waals surface area contributed by atoms with Gasteiger partial charge in [0, 0.05) is 32.6 Å². The van der Waals surface area contributed by atoms with Gasteiger partial charge >= 0.3 is 0 Å². The van der Waals surface area contributed by atoms with Gasteiger partial charge in [-0.3, -0.25) is 4.79 Å². The highest BCUT2D eigenvalue weighted by atomic mass is 16.5. The van der Waals surface area contributed by atoms with Gasteiger partial charge in [0.05, 0.1) is 6.04 Å². The number of carbonyl (C=O) groups excluding carboxylic acids is 1. The van der Waals surface area contributed by atoms with E-state index in [0.717, 1.165) is 19.4 Å². The van der Waals surface area contributed by atoms with Crippen LogP contribution >= 0.6 is 0 Å². The van der Waals surface area contributed by atoms with Crippen LogP contribution in [0.5, 0.6) is 0 Å². The molecule has 1 aromatic rings. The van der Waals surface area contributed by atoms with Gasteiger partial charge in [0.25, 0.3) is 0 Å². The Labute approximate surface area is 109 Å². The van der Waals surface area contributed by atoms with Crippen LogP contribution in [-0.4, -0.2) is 35.6 Å². The van der Waals surface area contributed by atoms with Gasteiger partial charge < -0.3 is 14.2 Å². The number of aryl methyl sites for hydroxylation is 1. The van der Waals surface area contributed by atoms with E-state index in [1.807, 2.05) is 24.2 Å². The van der Waals surface area contributed by atoms with Crippen LogP contribution in [0.2, 0.25) is 0 Å². The first-order chi connectivity index (χ1) is 8.74. The van der Waals surface area contributed by atoms with Crippen LogP contribution in [-0.2, 0) is 16.6 Å². The van der Waals surface area contributed by atoms with Crippen molar-refractivity contribution in [2.75, 3.05) is 20.3 Å². The number of rotatable bonds is 3. The molecule has 1 unspecified atom stereocenters. The summed E-state index contributed by atoms with van der Waals surface area (Å²) in [5.74, 6) is 0.102. The molecule has 1 saturated heterocycles. The molecule has 0 radical (unpaired) electrons. The number of methoxy groups -OCH3 is 1. The maximum absolute atomic E-state index is 12.2. The summed E-state index contributed by atoms with van der Waals surface area (Å²) in [6.07, 6.45) is 6.58. The molecule has 2 rings (SSSR count). The Kier molecular flexibility index (Phi) is 4.42. The Morgan fingerprint density at radius 3 is 2.94 bits per heavy atom. The molecular weight excluding hydrogens is 228 g/mol. The smallest absolute Gasteiger partial charge is 0.249 e. The Morgan fingerprint density at radius 2 is 2.28 bits per heavy atom. The van der Waals surface area contributed by atoms with Crippen molar-refractivity contribution >= 4 is 5.91 Å². The summed E-state index contributed by atoms with van der Waals surface area (Å²) in [6, 6.07) is 4.36. The fourth-order valence-corrected chi connectivity index (χ4v) is 2.74. The molecule has 0 aliphatic carbocycles. The quantitative estimate of drug-likeness (QED) is 0.823. The molecule has 0 spiro atoms. The topological polar surface area (TPSA) is 34.5 Å². The molecule has 0 aromatic carbocycles. The van der Waals surface area contributed by atoms with E-state index >= 15 is 0 Å². The fourth-order valence-electron chi connectivity index (χ4n) is 2.74. The average Bonchev–Trinajstić information content (AvgIpc) is 2.64. The summed E-state index contributed by atoms with van der Waals surface area (Å²) in [7, 11) is 3.62. The first-order valence-corrected chi connectivity index (χ1v) is 6.63. The molecule has 100 valence electrons. The lowest BCUT2D eigenvalue weighted by Crippen LogP contribution is -2.37. The van der Waals surface area contributed by atoms with E-state index < -0.39 is 0 Å². The van der Waals surface area contributed by atoms with Gasteiger partial charge in [-0.2, -0.15) is 0 Å². The fraction of sp³-hybridized carbons (Fsp3) is 0.643. The van der Waals surface area contributed by atoms with Crippen molar-refractivity contribution in [3.63, 3.8) is 0 Å². The first kappa shape index (κ1) is 13.1. The van der Waals surface area contributed by atoms with Crippen molar-refractivity contribution in [3.8, 4) is 0 Å². The summed E-state index contributed by atoms with van der Waals surface area (Å²) in [5, 5.41) is 0. The summed E-state index contributed by atoms with van der Waals surface area (Å²) in [5.41, 5.74) is 1.22. The standard InChI is InChI=1S/C14H22N2O2/c1-15-9-6-8-12(15)13-7-4-3-5-10-16(13)14(17)11-18-2/h6,8-9,13H,3-5,7,10-11H2,1-2H3. The molecule has 4 nitrogen and oxygen atoms in total. The molecule has 0 N–H and O–H groups in total. The van der Waals surface area contributed by atoms with E-state index in [9.17, 15) is 4.79 Å². The Hall–Kier alpha value is -1.29. The molecule has 1 aliphatic rings. The number of amides is 1.